The van der Waals surface area contributed by atoms with Gasteiger partial charge in [0.15, 0.2) is 9.84 Å². The van der Waals surface area contributed by atoms with Gasteiger partial charge in [0.25, 0.3) is 0 Å². The molecule has 0 saturated heterocycles. The molecule has 2 atom stereocenters. The Morgan fingerprint density at radius 2 is 2.05 bits per heavy atom. The lowest BCUT2D eigenvalue weighted by molar-refractivity contribution is 0.0501. The molecule has 0 bridgehead atoms. The van der Waals surface area contributed by atoms with Crippen molar-refractivity contribution < 1.29 is 13.5 Å². The molecule has 0 aliphatic heterocycles. The van der Waals surface area contributed by atoms with Gasteiger partial charge in [0.2, 0.25) is 0 Å². The summed E-state index contributed by atoms with van der Waals surface area (Å²) in [6.07, 6.45) is 10.2. The third kappa shape index (κ3) is 3.01. The molecule has 2 aliphatic rings. The van der Waals surface area contributed by atoms with Crippen molar-refractivity contribution in [3.8, 4) is 0 Å². The summed E-state index contributed by atoms with van der Waals surface area (Å²) in [4.78, 5) is 0. The van der Waals surface area contributed by atoms with Gasteiger partial charge in [-0.25, -0.2) is 8.42 Å². The molecule has 6 heteroatoms. The van der Waals surface area contributed by atoms with Crippen LogP contribution in [0, 0.1) is 0 Å². The molecule has 21 heavy (non-hydrogen) atoms. The first-order valence-electron chi connectivity index (χ1n) is 7.84. The fourth-order valence-corrected chi connectivity index (χ4v) is 5.59. The monoisotopic (exact) mass is 312 g/mol. The summed E-state index contributed by atoms with van der Waals surface area (Å²) in [7, 11) is -3.22. The summed E-state index contributed by atoms with van der Waals surface area (Å²) in [5.41, 5.74) is -0.345. The zero-order chi connectivity index (χ0) is 15.1. The average Bonchev–Trinajstić information content (AvgIpc) is 3.07. The Hall–Kier alpha value is -0.880. The Morgan fingerprint density at radius 1 is 1.33 bits per heavy atom. The van der Waals surface area contributed by atoms with E-state index in [4.69, 9.17) is 0 Å². The van der Waals surface area contributed by atoms with E-state index in [1.54, 1.807) is 0 Å². The summed E-state index contributed by atoms with van der Waals surface area (Å²) in [6, 6.07) is 2.40. The molecule has 2 fully saturated rings. The van der Waals surface area contributed by atoms with E-state index in [0.717, 1.165) is 25.0 Å². The van der Waals surface area contributed by atoms with E-state index in [-0.39, 0.29) is 0 Å². The summed E-state index contributed by atoms with van der Waals surface area (Å²) in [5.74, 6) is 0. The molecule has 2 saturated carbocycles. The minimum atomic E-state index is -3.22. The van der Waals surface area contributed by atoms with E-state index >= 15 is 0 Å². The molecule has 0 radical (unpaired) electrons. The maximum absolute atomic E-state index is 11.9. The number of rotatable bonds is 4. The van der Waals surface area contributed by atoms with Crippen LogP contribution >= 0.6 is 0 Å². The van der Waals surface area contributed by atoms with E-state index in [1.165, 1.54) is 19.1 Å². The van der Waals surface area contributed by atoms with Crippen LogP contribution in [-0.4, -0.2) is 40.4 Å². The first kappa shape index (κ1) is 15.0. The Balaban J connectivity index is 1.76. The van der Waals surface area contributed by atoms with Gasteiger partial charge in [-0.1, -0.05) is 12.8 Å². The van der Waals surface area contributed by atoms with Gasteiger partial charge in [-0.2, -0.15) is 5.10 Å². The Bertz CT molecular complexity index is 604. The van der Waals surface area contributed by atoms with Crippen LogP contribution in [0.2, 0.25) is 0 Å². The van der Waals surface area contributed by atoms with Crippen LogP contribution in [0.25, 0.3) is 0 Å². The van der Waals surface area contributed by atoms with Crippen LogP contribution in [0.3, 0.4) is 0 Å². The minimum Gasteiger partial charge on any atom is -0.388 e. The Morgan fingerprint density at radius 3 is 2.71 bits per heavy atom. The Labute approximate surface area is 126 Å². The first-order chi connectivity index (χ1) is 9.88. The van der Waals surface area contributed by atoms with Crippen molar-refractivity contribution in [3.63, 3.8) is 0 Å². The normalized spacial score (nSPS) is 31.0. The van der Waals surface area contributed by atoms with E-state index in [9.17, 15) is 13.5 Å². The highest BCUT2D eigenvalue weighted by Gasteiger charge is 2.47. The average molecular weight is 312 g/mol. The van der Waals surface area contributed by atoms with Crippen molar-refractivity contribution in [2.24, 2.45) is 0 Å². The number of aliphatic hydroxyl groups is 1. The van der Waals surface area contributed by atoms with E-state index in [2.05, 4.69) is 5.10 Å². The molecule has 1 aromatic rings. The summed E-state index contributed by atoms with van der Waals surface area (Å²) in [5, 5.41) is 14.7. The molecule has 1 aromatic heterocycles. The second kappa shape index (κ2) is 5.39. The molecule has 0 aromatic carbocycles. The maximum Gasteiger partial charge on any atom is 0.153 e. The van der Waals surface area contributed by atoms with Gasteiger partial charge in [-0.3, -0.25) is 4.68 Å². The fourth-order valence-electron chi connectivity index (χ4n) is 4.00. The summed E-state index contributed by atoms with van der Waals surface area (Å²) < 4.78 is 25.7. The van der Waals surface area contributed by atoms with Crippen LogP contribution < -0.4 is 0 Å². The molecule has 118 valence electrons. The summed E-state index contributed by atoms with van der Waals surface area (Å²) in [6.45, 7) is 0. The number of hydrogen-bond acceptors (Lipinski definition) is 4. The van der Waals surface area contributed by atoms with E-state index in [1.807, 2.05) is 16.9 Å². The zero-order valence-corrected chi connectivity index (χ0v) is 13.3. The molecular formula is C15H24N2O3S. The van der Waals surface area contributed by atoms with Gasteiger partial charge in [-0.15, -0.1) is 0 Å². The highest BCUT2D eigenvalue weighted by Crippen LogP contribution is 2.37. The zero-order valence-electron chi connectivity index (χ0n) is 12.5. The highest BCUT2D eigenvalue weighted by molar-refractivity contribution is 7.91. The smallest absolute Gasteiger partial charge is 0.153 e. The quantitative estimate of drug-likeness (QED) is 0.921. The van der Waals surface area contributed by atoms with E-state index < -0.39 is 20.7 Å². The van der Waals surface area contributed by atoms with Crippen LogP contribution in [0.15, 0.2) is 12.3 Å². The summed E-state index contributed by atoms with van der Waals surface area (Å²) >= 11 is 0. The van der Waals surface area contributed by atoms with Crippen molar-refractivity contribution in [2.45, 2.75) is 68.3 Å². The van der Waals surface area contributed by atoms with Crippen LogP contribution in [-0.2, 0) is 16.3 Å². The SMILES string of the molecule is CS(=O)(=O)C1CCCC1(O)Cc1ccn(C2CCCC2)n1. The second-order valence-corrected chi connectivity index (χ2v) is 8.94. The molecule has 1 N–H and O–H groups in total. The molecule has 3 rings (SSSR count). The number of nitrogens with zero attached hydrogens (tertiary/aromatic N) is 2. The predicted molar refractivity (Wildman–Crippen MR) is 80.9 cm³/mol. The highest BCUT2D eigenvalue weighted by atomic mass is 32.2. The van der Waals surface area contributed by atoms with Gasteiger partial charge < -0.3 is 5.11 Å². The lowest BCUT2D eigenvalue weighted by Gasteiger charge is -2.28. The van der Waals surface area contributed by atoms with Crippen molar-refractivity contribution >= 4 is 9.84 Å². The molecular weight excluding hydrogens is 288 g/mol. The van der Waals surface area contributed by atoms with Crippen molar-refractivity contribution in [1.29, 1.82) is 0 Å². The van der Waals surface area contributed by atoms with Crippen molar-refractivity contribution in [3.05, 3.63) is 18.0 Å². The molecule has 0 amide bonds. The lowest BCUT2D eigenvalue weighted by atomic mass is 9.96. The van der Waals surface area contributed by atoms with Gasteiger partial charge in [-0.05, 0) is 38.2 Å². The van der Waals surface area contributed by atoms with E-state index in [0.29, 0.717) is 25.3 Å². The van der Waals surface area contributed by atoms with Gasteiger partial charge in [0.1, 0.15) is 0 Å². The Kier molecular flexibility index (Phi) is 3.86. The molecule has 1 heterocycles. The lowest BCUT2D eigenvalue weighted by Crippen LogP contribution is -2.44. The van der Waals surface area contributed by atoms with Gasteiger partial charge in [0, 0.05) is 18.9 Å². The van der Waals surface area contributed by atoms with Crippen molar-refractivity contribution in [1.82, 2.24) is 9.78 Å². The molecule has 0 spiro atoms. The molecule has 2 unspecified atom stereocenters. The largest absolute Gasteiger partial charge is 0.388 e. The van der Waals surface area contributed by atoms with Crippen molar-refractivity contribution in [2.75, 3.05) is 6.26 Å². The van der Waals surface area contributed by atoms with Gasteiger partial charge in [0.05, 0.1) is 22.6 Å². The fraction of sp³-hybridized carbons (Fsp3) is 0.800. The third-order valence-electron chi connectivity index (χ3n) is 5.04. The standard InChI is InChI=1S/C15H24N2O3S/c1-21(19,20)14-7-4-9-15(14,18)11-12-8-10-17(16-12)13-5-2-3-6-13/h8,10,13-14,18H,2-7,9,11H2,1H3. The first-order valence-corrected chi connectivity index (χ1v) is 9.79. The number of hydrogen-bond donors (Lipinski definition) is 1. The third-order valence-corrected chi connectivity index (χ3v) is 6.75. The second-order valence-electron chi connectivity index (χ2n) is 6.72. The topological polar surface area (TPSA) is 72.2 Å². The molecule has 2 aliphatic carbocycles. The number of aromatic nitrogens is 2. The van der Waals surface area contributed by atoms with Crippen LogP contribution in [0.4, 0.5) is 0 Å². The van der Waals surface area contributed by atoms with Crippen LogP contribution in [0.5, 0.6) is 0 Å². The minimum absolute atomic E-state index is 0.338. The maximum atomic E-state index is 11.9. The van der Waals surface area contributed by atoms with Crippen LogP contribution in [0.1, 0.15) is 56.7 Å². The molecule has 5 nitrogen and oxygen atoms in total. The predicted octanol–water partition coefficient (Wildman–Crippen LogP) is 1.87. The number of sulfone groups is 1. The van der Waals surface area contributed by atoms with Gasteiger partial charge >= 0.3 is 0 Å².